The fraction of sp³-hybridized carbons (Fsp3) is 0.444. The Labute approximate surface area is 88.7 Å². The summed E-state index contributed by atoms with van der Waals surface area (Å²) in [7, 11) is 0. The average Bonchev–Trinajstić information content (AvgIpc) is 2.83. The molecule has 0 spiro atoms. The number of hydrogen-bond donors (Lipinski definition) is 1. The van der Waals surface area contributed by atoms with E-state index < -0.39 is 17.5 Å². The molecule has 0 atom stereocenters. The van der Waals surface area contributed by atoms with Crippen LogP contribution in [0.25, 0.3) is 0 Å². The number of hydrogen-bond acceptors (Lipinski definition) is 2. The van der Waals surface area contributed by atoms with Gasteiger partial charge in [0.05, 0.1) is 10.6 Å². The molecule has 1 aliphatic carbocycles. The lowest BCUT2D eigenvalue weighted by molar-refractivity contribution is -0.141. The molecule has 0 aliphatic heterocycles. The van der Waals surface area contributed by atoms with Gasteiger partial charge in [-0.1, -0.05) is 11.6 Å². The standard InChI is InChI=1S/C9H7ClF3NO/c10-6-4-14-7(9(11,12)13)3-5(6)8(15)1-2-8/h3-4,15H,1-2H2. The van der Waals surface area contributed by atoms with Crippen LogP contribution in [-0.4, -0.2) is 10.1 Å². The quantitative estimate of drug-likeness (QED) is 0.815. The van der Waals surface area contributed by atoms with E-state index >= 15 is 0 Å². The third-order valence-corrected chi connectivity index (χ3v) is 2.67. The van der Waals surface area contributed by atoms with Crippen molar-refractivity contribution in [3.63, 3.8) is 0 Å². The average molecular weight is 238 g/mol. The van der Waals surface area contributed by atoms with Crippen molar-refractivity contribution in [1.82, 2.24) is 4.98 Å². The number of rotatable bonds is 1. The van der Waals surface area contributed by atoms with Crippen LogP contribution in [0.15, 0.2) is 12.3 Å². The molecule has 0 radical (unpaired) electrons. The molecule has 0 bridgehead atoms. The maximum absolute atomic E-state index is 12.3. The monoisotopic (exact) mass is 237 g/mol. The summed E-state index contributed by atoms with van der Waals surface area (Å²) in [4.78, 5) is 3.18. The van der Waals surface area contributed by atoms with Crippen molar-refractivity contribution in [2.75, 3.05) is 0 Å². The normalized spacial score (nSPS) is 19.0. The van der Waals surface area contributed by atoms with Crippen LogP contribution in [0.3, 0.4) is 0 Å². The first-order valence-electron chi connectivity index (χ1n) is 4.28. The fourth-order valence-electron chi connectivity index (χ4n) is 1.34. The number of pyridine rings is 1. The second-order valence-corrected chi connectivity index (χ2v) is 3.99. The summed E-state index contributed by atoms with van der Waals surface area (Å²) >= 11 is 5.68. The zero-order valence-electron chi connectivity index (χ0n) is 7.48. The smallest absolute Gasteiger partial charge is 0.385 e. The maximum atomic E-state index is 12.3. The van der Waals surface area contributed by atoms with Gasteiger partial charge in [-0.2, -0.15) is 13.2 Å². The highest BCUT2D eigenvalue weighted by Crippen LogP contribution is 2.48. The molecule has 6 heteroatoms. The summed E-state index contributed by atoms with van der Waals surface area (Å²) in [6.07, 6.45) is -2.71. The number of alkyl halides is 3. The second-order valence-electron chi connectivity index (χ2n) is 3.58. The first kappa shape index (κ1) is 10.7. The van der Waals surface area contributed by atoms with Crippen LogP contribution in [0, 0.1) is 0 Å². The van der Waals surface area contributed by atoms with Gasteiger partial charge in [0.25, 0.3) is 0 Å². The molecule has 0 unspecified atom stereocenters. The van der Waals surface area contributed by atoms with Gasteiger partial charge in [0.1, 0.15) is 5.69 Å². The first-order valence-corrected chi connectivity index (χ1v) is 4.66. The van der Waals surface area contributed by atoms with Crippen molar-refractivity contribution in [3.8, 4) is 0 Å². The van der Waals surface area contributed by atoms with Crippen LogP contribution in [-0.2, 0) is 11.8 Å². The molecule has 1 saturated carbocycles. The zero-order chi connectivity index (χ0) is 11.3. The molecule has 1 aromatic rings. The van der Waals surface area contributed by atoms with E-state index in [-0.39, 0.29) is 10.6 Å². The highest BCUT2D eigenvalue weighted by molar-refractivity contribution is 6.31. The van der Waals surface area contributed by atoms with Crippen molar-refractivity contribution in [3.05, 3.63) is 28.5 Å². The SMILES string of the molecule is OC1(c2cc(C(F)(F)F)ncc2Cl)CC1. The zero-order valence-corrected chi connectivity index (χ0v) is 8.23. The van der Waals surface area contributed by atoms with Crippen molar-refractivity contribution in [1.29, 1.82) is 0 Å². The largest absolute Gasteiger partial charge is 0.433 e. The predicted octanol–water partition coefficient (Wildman–Crippen LogP) is 2.74. The highest BCUT2D eigenvalue weighted by atomic mass is 35.5. The molecule has 1 aliphatic rings. The summed E-state index contributed by atoms with van der Waals surface area (Å²) < 4.78 is 37.0. The Hall–Kier alpha value is -0.810. The van der Waals surface area contributed by atoms with E-state index in [1.54, 1.807) is 0 Å². The van der Waals surface area contributed by atoms with Crippen molar-refractivity contribution in [2.45, 2.75) is 24.6 Å². The van der Waals surface area contributed by atoms with Gasteiger partial charge in [-0.25, -0.2) is 0 Å². The minimum atomic E-state index is -4.51. The molecule has 2 rings (SSSR count). The Bertz CT molecular complexity index is 401. The molecule has 15 heavy (non-hydrogen) atoms. The summed E-state index contributed by atoms with van der Waals surface area (Å²) in [5.74, 6) is 0. The number of aromatic nitrogens is 1. The van der Waals surface area contributed by atoms with Gasteiger partial charge in [-0.15, -0.1) is 0 Å². The van der Waals surface area contributed by atoms with E-state index in [1.807, 2.05) is 0 Å². The Morgan fingerprint density at radius 3 is 2.47 bits per heavy atom. The number of halogens is 4. The lowest BCUT2D eigenvalue weighted by atomic mass is 10.1. The highest BCUT2D eigenvalue weighted by Gasteiger charge is 2.45. The van der Waals surface area contributed by atoms with Gasteiger partial charge < -0.3 is 5.11 Å². The van der Waals surface area contributed by atoms with Gasteiger partial charge in [-0.3, -0.25) is 4.98 Å². The topological polar surface area (TPSA) is 33.1 Å². The van der Waals surface area contributed by atoms with Crippen LogP contribution in [0.2, 0.25) is 5.02 Å². The Morgan fingerprint density at radius 2 is 2.00 bits per heavy atom. The van der Waals surface area contributed by atoms with Gasteiger partial charge in [0, 0.05) is 11.8 Å². The van der Waals surface area contributed by atoms with Crippen LogP contribution in [0.4, 0.5) is 13.2 Å². The lowest BCUT2D eigenvalue weighted by Crippen LogP contribution is -2.12. The Morgan fingerprint density at radius 1 is 1.40 bits per heavy atom. The van der Waals surface area contributed by atoms with E-state index in [0.717, 1.165) is 12.3 Å². The summed E-state index contributed by atoms with van der Waals surface area (Å²) in [6, 6.07) is 0.815. The molecule has 0 aromatic carbocycles. The number of nitrogens with zero attached hydrogens (tertiary/aromatic N) is 1. The second kappa shape index (κ2) is 3.09. The van der Waals surface area contributed by atoms with Gasteiger partial charge in [-0.05, 0) is 18.9 Å². The van der Waals surface area contributed by atoms with Crippen LogP contribution < -0.4 is 0 Å². The van der Waals surface area contributed by atoms with Gasteiger partial charge in [0.2, 0.25) is 0 Å². The minimum absolute atomic E-state index is 0.0722. The third kappa shape index (κ3) is 1.94. The Kier molecular flexibility index (Phi) is 2.20. The van der Waals surface area contributed by atoms with Crippen LogP contribution in [0.1, 0.15) is 24.1 Å². The molecule has 1 aromatic heterocycles. The fourth-order valence-corrected chi connectivity index (χ4v) is 1.62. The summed E-state index contributed by atoms with van der Waals surface area (Å²) in [6.45, 7) is 0. The Balaban J connectivity index is 2.47. The van der Waals surface area contributed by atoms with Crippen molar-refractivity contribution in [2.24, 2.45) is 0 Å². The van der Waals surface area contributed by atoms with E-state index in [2.05, 4.69) is 4.98 Å². The molecule has 1 heterocycles. The first-order chi connectivity index (χ1) is 6.83. The van der Waals surface area contributed by atoms with E-state index in [0.29, 0.717) is 12.8 Å². The molecular formula is C9H7ClF3NO. The molecule has 1 fully saturated rings. The van der Waals surface area contributed by atoms with Gasteiger partial charge >= 0.3 is 6.18 Å². The summed E-state index contributed by atoms with van der Waals surface area (Å²) in [5.41, 5.74) is -2.09. The van der Waals surface area contributed by atoms with Gasteiger partial charge in [0.15, 0.2) is 0 Å². The summed E-state index contributed by atoms with van der Waals surface area (Å²) in [5, 5.41) is 9.76. The minimum Gasteiger partial charge on any atom is -0.385 e. The predicted molar refractivity (Wildman–Crippen MR) is 47.4 cm³/mol. The number of aliphatic hydroxyl groups is 1. The third-order valence-electron chi connectivity index (χ3n) is 2.37. The molecule has 0 amide bonds. The molecule has 0 saturated heterocycles. The lowest BCUT2D eigenvalue weighted by Gasteiger charge is -2.13. The van der Waals surface area contributed by atoms with Crippen molar-refractivity contribution >= 4 is 11.6 Å². The molecule has 1 N–H and O–H groups in total. The van der Waals surface area contributed by atoms with E-state index in [9.17, 15) is 18.3 Å². The van der Waals surface area contributed by atoms with E-state index in [4.69, 9.17) is 11.6 Å². The van der Waals surface area contributed by atoms with Crippen LogP contribution >= 0.6 is 11.6 Å². The van der Waals surface area contributed by atoms with E-state index in [1.165, 1.54) is 0 Å². The molecule has 82 valence electrons. The molecule has 2 nitrogen and oxygen atoms in total. The maximum Gasteiger partial charge on any atom is 0.433 e. The molecular weight excluding hydrogens is 231 g/mol. The van der Waals surface area contributed by atoms with Crippen LogP contribution in [0.5, 0.6) is 0 Å². The van der Waals surface area contributed by atoms with Crippen molar-refractivity contribution < 1.29 is 18.3 Å².